The fourth-order valence-corrected chi connectivity index (χ4v) is 3.89. The first-order valence-corrected chi connectivity index (χ1v) is 9.59. The highest BCUT2D eigenvalue weighted by Gasteiger charge is 2.31. The fourth-order valence-electron chi connectivity index (χ4n) is 2.40. The van der Waals surface area contributed by atoms with Crippen molar-refractivity contribution >= 4 is 21.6 Å². The molecule has 9 heteroatoms. The van der Waals surface area contributed by atoms with Gasteiger partial charge in [0.1, 0.15) is 5.75 Å². The maximum absolute atomic E-state index is 12.6. The Hall–Kier alpha value is -0.900. The monoisotopic (exact) mass is 379 g/mol. The highest BCUT2D eigenvalue weighted by Crippen LogP contribution is 2.28. The van der Waals surface area contributed by atoms with E-state index in [-0.39, 0.29) is 24.7 Å². The molecule has 24 heavy (non-hydrogen) atoms. The quantitative estimate of drug-likeness (QED) is 0.704. The Morgan fingerprint density at radius 1 is 1.46 bits per heavy atom. The predicted octanol–water partition coefficient (Wildman–Crippen LogP) is 1.18. The van der Waals surface area contributed by atoms with Gasteiger partial charge in [-0.1, -0.05) is 11.6 Å². The molecule has 1 aliphatic heterocycles. The smallest absolute Gasteiger partial charge is 0.241 e. The summed E-state index contributed by atoms with van der Waals surface area (Å²) < 4.78 is 44.0. The maximum atomic E-state index is 12.6. The molecule has 136 valence electrons. The summed E-state index contributed by atoms with van der Waals surface area (Å²) in [6.45, 7) is 2.89. The van der Waals surface area contributed by atoms with Gasteiger partial charge in [0.15, 0.2) is 0 Å². The van der Waals surface area contributed by atoms with Gasteiger partial charge in [-0.15, -0.1) is 0 Å². The van der Waals surface area contributed by atoms with Gasteiger partial charge in [0.2, 0.25) is 10.0 Å². The van der Waals surface area contributed by atoms with Gasteiger partial charge in [0, 0.05) is 12.7 Å². The molecular formula is C15H22ClNO6S. The maximum Gasteiger partial charge on any atom is 0.241 e. The first-order valence-electron chi connectivity index (χ1n) is 7.72. The van der Waals surface area contributed by atoms with E-state index in [9.17, 15) is 8.42 Å². The normalized spacial score (nSPS) is 21.6. The molecule has 0 aromatic heterocycles. The van der Waals surface area contributed by atoms with Crippen LogP contribution in [0, 0.1) is 0 Å². The lowest BCUT2D eigenvalue weighted by atomic mass is 10.1. The van der Waals surface area contributed by atoms with Crippen LogP contribution in [-0.4, -0.2) is 58.7 Å². The van der Waals surface area contributed by atoms with Crippen molar-refractivity contribution in [1.82, 2.24) is 4.72 Å². The summed E-state index contributed by atoms with van der Waals surface area (Å²) in [5.74, 6) is 0.321. The first kappa shape index (κ1) is 19.4. The zero-order valence-electron chi connectivity index (χ0n) is 13.4. The molecule has 0 amide bonds. The van der Waals surface area contributed by atoms with E-state index in [4.69, 9.17) is 30.9 Å². The summed E-state index contributed by atoms with van der Waals surface area (Å²) in [4.78, 5) is 0.0720. The Kier molecular flexibility index (Phi) is 7.27. The lowest BCUT2D eigenvalue weighted by Gasteiger charge is -2.31. The van der Waals surface area contributed by atoms with Gasteiger partial charge in [-0.2, -0.15) is 0 Å². The molecule has 2 atom stereocenters. The standard InChI is InChI=1S/C15H22ClNO6S/c1-2-22-14-9-11(3-4-12(14)16)24(19,20)17-13-5-7-21-10-15(13)23-8-6-18/h3-4,9,13,15,17-18H,2,5-8,10H2,1H3/t13-,15-/m1/s1. The number of aliphatic hydroxyl groups is 1. The summed E-state index contributed by atoms with van der Waals surface area (Å²) in [5.41, 5.74) is 0. The Morgan fingerprint density at radius 2 is 2.25 bits per heavy atom. The van der Waals surface area contributed by atoms with Crippen LogP contribution in [0.1, 0.15) is 13.3 Å². The van der Waals surface area contributed by atoms with Crippen LogP contribution in [0.5, 0.6) is 5.75 Å². The third kappa shape index (κ3) is 5.05. The van der Waals surface area contributed by atoms with Gasteiger partial charge in [-0.05, 0) is 25.5 Å². The minimum Gasteiger partial charge on any atom is -0.492 e. The van der Waals surface area contributed by atoms with Crippen molar-refractivity contribution in [3.8, 4) is 5.75 Å². The van der Waals surface area contributed by atoms with Crippen molar-refractivity contribution in [2.75, 3.05) is 33.0 Å². The topological polar surface area (TPSA) is 94.1 Å². The lowest BCUT2D eigenvalue weighted by molar-refractivity contribution is -0.0714. The van der Waals surface area contributed by atoms with Crippen molar-refractivity contribution in [3.05, 3.63) is 23.2 Å². The lowest BCUT2D eigenvalue weighted by Crippen LogP contribution is -2.50. The molecule has 1 fully saturated rings. The predicted molar refractivity (Wildman–Crippen MR) is 89.0 cm³/mol. The second kappa shape index (κ2) is 8.98. The number of hydrogen-bond acceptors (Lipinski definition) is 6. The molecule has 0 radical (unpaired) electrons. The zero-order chi connectivity index (χ0) is 17.6. The molecule has 0 bridgehead atoms. The molecule has 1 aliphatic rings. The third-order valence-electron chi connectivity index (χ3n) is 3.55. The van der Waals surface area contributed by atoms with Crippen LogP contribution >= 0.6 is 11.6 Å². The van der Waals surface area contributed by atoms with E-state index in [0.29, 0.717) is 30.4 Å². The number of benzene rings is 1. The SMILES string of the molecule is CCOc1cc(S(=O)(=O)N[C@@H]2CCOC[C@H]2OCCO)ccc1Cl. The number of hydrogen-bond donors (Lipinski definition) is 2. The molecular weight excluding hydrogens is 358 g/mol. The Balaban J connectivity index is 2.15. The minimum atomic E-state index is -3.76. The second-order valence-corrected chi connectivity index (χ2v) is 7.37. The van der Waals surface area contributed by atoms with Crippen LogP contribution in [0.4, 0.5) is 0 Å². The van der Waals surface area contributed by atoms with Crippen molar-refractivity contribution in [2.24, 2.45) is 0 Å². The number of ether oxygens (including phenoxy) is 3. The largest absolute Gasteiger partial charge is 0.492 e. The number of halogens is 1. The minimum absolute atomic E-state index is 0.0720. The number of aliphatic hydroxyl groups excluding tert-OH is 1. The average Bonchev–Trinajstić information content (AvgIpc) is 2.56. The van der Waals surface area contributed by atoms with Crippen molar-refractivity contribution in [2.45, 2.75) is 30.4 Å². The number of rotatable bonds is 8. The van der Waals surface area contributed by atoms with Gasteiger partial charge in [-0.25, -0.2) is 13.1 Å². The number of nitrogens with one attached hydrogen (secondary N) is 1. The molecule has 1 aromatic carbocycles. The van der Waals surface area contributed by atoms with E-state index in [1.54, 1.807) is 6.92 Å². The first-order chi connectivity index (χ1) is 11.5. The van der Waals surface area contributed by atoms with Crippen LogP contribution in [0.2, 0.25) is 5.02 Å². The average molecular weight is 380 g/mol. The fraction of sp³-hybridized carbons (Fsp3) is 0.600. The van der Waals surface area contributed by atoms with E-state index in [1.165, 1.54) is 18.2 Å². The Labute approximate surface area is 146 Å². The van der Waals surface area contributed by atoms with Gasteiger partial charge in [0.25, 0.3) is 0 Å². The van der Waals surface area contributed by atoms with Crippen molar-refractivity contribution in [3.63, 3.8) is 0 Å². The van der Waals surface area contributed by atoms with E-state index < -0.39 is 22.2 Å². The molecule has 0 spiro atoms. The highest BCUT2D eigenvalue weighted by atomic mass is 35.5. The van der Waals surface area contributed by atoms with Crippen LogP contribution < -0.4 is 9.46 Å². The summed E-state index contributed by atoms with van der Waals surface area (Å²) in [5, 5.41) is 9.22. The molecule has 0 aliphatic carbocycles. The molecule has 1 heterocycles. The van der Waals surface area contributed by atoms with E-state index in [0.717, 1.165) is 0 Å². The van der Waals surface area contributed by atoms with Gasteiger partial charge in [-0.3, -0.25) is 0 Å². The second-order valence-electron chi connectivity index (χ2n) is 5.25. The number of sulfonamides is 1. The van der Waals surface area contributed by atoms with Crippen LogP contribution in [0.3, 0.4) is 0 Å². The summed E-state index contributed by atoms with van der Waals surface area (Å²) in [7, 11) is -3.76. The van der Waals surface area contributed by atoms with Gasteiger partial charge in [0.05, 0.1) is 48.5 Å². The molecule has 7 nitrogen and oxygen atoms in total. The van der Waals surface area contributed by atoms with Crippen molar-refractivity contribution in [1.29, 1.82) is 0 Å². The summed E-state index contributed by atoms with van der Waals surface area (Å²) >= 11 is 6.00. The summed E-state index contributed by atoms with van der Waals surface area (Å²) in [6, 6.07) is 3.89. The molecule has 1 aromatic rings. The van der Waals surface area contributed by atoms with Crippen molar-refractivity contribution < 1.29 is 27.7 Å². The van der Waals surface area contributed by atoms with Gasteiger partial charge >= 0.3 is 0 Å². The molecule has 2 N–H and O–H groups in total. The highest BCUT2D eigenvalue weighted by molar-refractivity contribution is 7.89. The Bertz CT molecular complexity index is 639. The molecule has 0 unspecified atom stereocenters. The zero-order valence-corrected chi connectivity index (χ0v) is 15.0. The molecule has 0 saturated carbocycles. The molecule has 2 rings (SSSR count). The third-order valence-corrected chi connectivity index (χ3v) is 5.35. The van der Waals surface area contributed by atoms with Crippen LogP contribution in [0.25, 0.3) is 0 Å². The van der Waals surface area contributed by atoms with E-state index in [2.05, 4.69) is 4.72 Å². The van der Waals surface area contributed by atoms with Gasteiger partial charge < -0.3 is 19.3 Å². The van der Waals surface area contributed by atoms with Crippen LogP contribution in [0.15, 0.2) is 23.1 Å². The Morgan fingerprint density at radius 3 is 2.96 bits per heavy atom. The van der Waals surface area contributed by atoms with E-state index >= 15 is 0 Å². The summed E-state index contributed by atoms with van der Waals surface area (Å²) in [6.07, 6.45) is 0.0423. The molecule has 1 saturated heterocycles. The van der Waals surface area contributed by atoms with Crippen LogP contribution in [-0.2, 0) is 19.5 Å². The van der Waals surface area contributed by atoms with E-state index in [1.807, 2.05) is 0 Å².